The molecule has 2 aromatic rings. The Balaban J connectivity index is 1.86. The van der Waals surface area contributed by atoms with E-state index in [1.54, 1.807) is 24.3 Å². The molecule has 0 bridgehead atoms. The number of hydrogen-bond acceptors (Lipinski definition) is 1. The Bertz CT molecular complexity index is 699. The number of rotatable bonds is 3. The van der Waals surface area contributed by atoms with Crippen molar-refractivity contribution in [1.29, 1.82) is 0 Å². The lowest BCUT2D eigenvalue weighted by atomic mass is 10.1. The summed E-state index contributed by atoms with van der Waals surface area (Å²) in [5.74, 6) is -0.202. The molecule has 1 saturated carbocycles. The third kappa shape index (κ3) is 3.03. The summed E-state index contributed by atoms with van der Waals surface area (Å²) < 4.78 is -0.731. The van der Waals surface area contributed by atoms with Gasteiger partial charge in [-0.1, -0.05) is 41.9 Å². The molecular formula is C16H12Cl3NO. The van der Waals surface area contributed by atoms with Crippen molar-refractivity contribution >= 4 is 46.4 Å². The summed E-state index contributed by atoms with van der Waals surface area (Å²) in [6.07, 6.45) is 0.690. The molecule has 0 spiro atoms. The van der Waals surface area contributed by atoms with E-state index in [9.17, 15) is 4.79 Å². The number of carbonyl (C=O) groups excluding carboxylic acids is 1. The zero-order chi connectivity index (χ0) is 15.0. The largest absolute Gasteiger partial charge is 0.322 e. The van der Waals surface area contributed by atoms with Gasteiger partial charge in [-0.15, -0.1) is 23.2 Å². The number of benzene rings is 2. The van der Waals surface area contributed by atoms with E-state index < -0.39 is 4.33 Å². The summed E-state index contributed by atoms with van der Waals surface area (Å²) in [4.78, 5) is 12.3. The SMILES string of the molecule is O=C(Nc1ccccc1[C@@H]1CC1(Cl)Cl)c1ccccc1Cl. The van der Waals surface area contributed by atoms with E-state index in [1.807, 2.05) is 24.3 Å². The van der Waals surface area contributed by atoms with Crippen LogP contribution in [-0.4, -0.2) is 10.2 Å². The molecule has 0 heterocycles. The van der Waals surface area contributed by atoms with Crippen molar-refractivity contribution in [2.45, 2.75) is 16.7 Å². The van der Waals surface area contributed by atoms with E-state index >= 15 is 0 Å². The summed E-state index contributed by atoms with van der Waals surface area (Å²) in [7, 11) is 0. The minimum absolute atomic E-state index is 0.0450. The van der Waals surface area contributed by atoms with Crippen molar-refractivity contribution in [3.63, 3.8) is 0 Å². The number of anilines is 1. The van der Waals surface area contributed by atoms with E-state index in [2.05, 4.69) is 5.32 Å². The predicted octanol–water partition coefficient (Wildman–Crippen LogP) is 5.25. The molecule has 1 aliphatic rings. The molecule has 2 nitrogen and oxygen atoms in total. The van der Waals surface area contributed by atoms with Gasteiger partial charge in [0, 0.05) is 11.6 Å². The summed E-state index contributed by atoms with van der Waals surface area (Å²) in [6, 6.07) is 14.5. The van der Waals surface area contributed by atoms with E-state index in [1.165, 1.54) is 0 Å². The van der Waals surface area contributed by atoms with Gasteiger partial charge in [-0.05, 0) is 30.2 Å². The highest BCUT2D eigenvalue weighted by Crippen LogP contribution is 2.60. The number of halogens is 3. The van der Waals surface area contributed by atoms with Crippen LogP contribution in [0.1, 0.15) is 28.3 Å². The van der Waals surface area contributed by atoms with Gasteiger partial charge in [-0.25, -0.2) is 0 Å². The predicted molar refractivity (Wildman–Crippen MR) is 87.6 cm³/mol. The van der Waals surface area contributed by atoms with Crippen LogP contribution in [-0.2, 0) is 0 Å². The van der Waals surface area contributed by atoms with Crippen LogP contribution in [0.2, 0.25) is 5.02 Å². The van der Waals surface area contributed by atoms with E-state index in [0.29, 0.717) is 17.0 Å². The highest BCUT2D eigenvalue weighted by atomic mass is 35.5. The number of carbonyl (C=O) groups is 1. The maximum atomic E-state index is 12.3. The Morgan fingerprint density at radius 3 is 2.38 bits per heavy atom. The van der Waals surface area contributed by atoms with Crippen LogP contribution in [0.3, 0.4) is 0 Å². The third-order valence-corrected chi connectivity index (χ3v) is 4.69. The first-order valence-corrected chi connectivity index (χ1v) is 7.65. The Morgan fingerprint density at radius 2 is 1.71 bits per heavy atom. The molecule has 1 fully saturated rings. The number of hydrogen-bond donors (Lipinski definition) is 1. The summed E-state index contributed by atoms with van der Waals surface area (Å²) in [6.45, 7) is 0. The Hall–Kier alpha value is -1.22. The first kappa shape index (κ1) is 14.7. The summed E-state index contributed by atoms with van der Waals surface area (Å²) in [5.41, 5.74) is 2.10. The zero-order valence-electron chi connectivity index (χ0n) is 10.9. The molecule has 1 amide bonds. The van der Waals surface area contributed by atoms with Gasteiger partial charge in [-0.2, -0.15) is 0 Å². The summed E-state index contributed by atoms with van der Waals surface area (Å²) in [5, 5.41) is 3.31. The maximum absolute atomic E-state index is 12.3. The van der Waals surface area contributed by atoms with Crippen LogP contribution in [0.15, 0.2) is 48.5 Å². The Morgan fingerprint density at radius 1 is 1.10 bits per heavy atom. The molecule has 3 rings (SSSR count). The molecule has 0 aliphatic heterocycles. The molecule has 1 N–H and O–H groups in total. The molecule has 1 atom stereocenters. The Kier molecular flexibility index (Phi) is 3.87. The second-order valence-electron chi connectivity index (χ2n) is 5.04. The van der Waals surface area contributed by atoms with E-state index in [0.717, 1.165) is 11.3 Å². The van der Waals surface area contributed by atoms with Crippen LogP contribution >= 0.6 is 34.8 Å². The van der Waals surface area contributed by atoms with Gasteiger partial charge in [-0.3, -0.25) is 4.79 Å². The van der Waals surface area contributed by atoms with Crippen LogP contribution in [0.25, 0.3) is 0 Å². The van der Waals surface area contributed by atoms with E-state index in [-0.39, 0.29) is 11.8 Å². The molecule has 2 aromatic carbocycles. The fourth-order valence-electron chi connectivity index (χ4n) is 2.30. The maximum Gasteiger partial charge on any atom is 0.257 e. The molecule has 0 aromatic heterocycles. The molecule has 21 heavy (non-hydrogen) atoms. The van der Waals surface area contributed by atoms with Gasteiger partial charge >= 0.3 is 0 Å². The third-order valence-electron chi connectivity index (χ3n) is 3.53. The minimum atomic E-state index is -0.731. The topological polar surface area (TPSA) is 29.1 Å². The lowest BCUT2D eigenvalue weighted by Crippen LogP contribution is -2.14. The van der Waals surface area contributed by atoms with Crippen molar-refractivity contribution in [3.05, 3.63) is 64.7 Å². The molecule has 108 valence electrons. The lowest BCUT2D eigenvalue weighted by Gasteiger charge is -2.12. The minimum Gasteiger partial charge on any atom is -0.322 e. The van der Waals surface area contributed by atoms with Crippen molar-refractivity contribution in [3.8, 4) is 0 Å². The van der Waals surface area contributed by atoms with Crippen molar-refractivity contribution in [2.24, 2.45) is 0 Å². The van der Waals surface area contributed by atoms with E-state index in [4.69, 9.17) is 34.8 Å². The van der Waals surface area contributed by atoms with Gasteiger partial charge < -0.3 is 5.32 Å². The van der Waals surface area contributed by atoms with Crippen LogP contribution in [0, 0.1) is 0 Å². The number of alkyl halides is 2. The summed E-state index contributed by atoms with van der Waals surface area (Å²) >= 11 is 18.3. The molecule has 5 heteroatoms. The smallest absolute Gasteiger partial charge is 0.257 e. The number of amides is 1. The lowest BCUT2D eigenvalue weighted by molar-refractivity contribution is 0.102. The molecule has 0 saturated heterocycles. The van der Waals surface area contributed by atoms with Crippen molar-refractivity contribution < 1.29 is 4.79 Å². The zero-order valence-corrected chi connectivity index (χ0v) is 13.2. The first-order chi connectivity index (χ1) is 9.99. The first-order valence-electron chi connectivity index (χ1n) is 6.51. The Labute approximate surface area is 138 Å². The quantitative estimate of drug-likeness (QED) is 0.759. The van der Waals surface area contributed by atoms with Gasteiger partial charge in [0.05, 0.1) is 10.6 Å². The van der Waals surface area contributed by atoms with Gasteiger partial charge in [0.15, 0.2) is 0 Å². The fourth-order valence-corrected chi connectivity index (χ4v) is 3.07. The standard InChI is InChI=1S/C16H12Cl3NO/c17-13-7-3-1-6-11(13)15(21)20-14-8-4-2-5-10(14)12-9-16(12,18)19/h1-8,12H,9H2,(H,20,21)/t12-/m0/s1. The second-order valence-corrected chi connectivity index (χ2v) is 6.99. The van der Waals surface area contributed by atoms with Gasteiger partial charge in [0.25, 0.3) is 5.91 Å². The fraction of sp³-hybridized carbons (Fsp3) is 0.188. The molecule has 0 radical (unpaired) electrons. The van der Waals surface area contributed by atoms with Crippen LogP contribution < -0.4 is 5.32 Å². The molecule has 1 aliphatic carbocycles. The van der Waals surface area contributed by atoms with Gasteiger partial charge in [0.2, 0.25) is 0 Å². The van der Waals surface area contributed by atoms with Crippen LogP contribution in [0.5, 0.6) is 0 Å². The van der Waals surface area contributed by atoms with Gasteiger partial charge in [0.1, 0.15) is 4.33 Å². The second kappa shape index (κ2) is 5.53. The molecular weight excluding hydrogens is 329 g/mol. The average molecular weight is 341 g/mol. The van der Waals surface area contributed by atoms with Crippen molar-refractivity contribution in [2.75, 3.05) is 5.32 Å². The van der Waals surface area contributed by atoms with Crippen LogP contribution in [0.4, 0.5) is 5.69 Å². The highest BCUT2D eigenvalue weighted by molar-refractivity contribution is 6.51. The molecule has 0 unspecified atom stereocenters. The number of para-hydroxylation sites is 1. The monoisotopic (exact) mass is 339 g/mol. The number of nitrogens with one attached hydrogen (secondary N) is 1. The normalized spacial score (nSPS) is 19.1. The highest BCUT2D eigenvalue weighted by Gasteiger charge is 2.53. The average Bonchev–Trinajstić information content (AvgIpc) is 3.08. The van der Waals surface area contributed by atoms with Crippen molar-refractivity contribution in [1.82, 2.24) is 0 Å².